The van der Waals surface area contributed by atoms with Crippen LogP contribution in [-0.4, -0.2) is 43.5 Å². The molecule has 7 heteroatoms. The molecule has 0 spiro atoms. The summed E-state index contributed by atoms with van der Waals surface area (Å²) in [6, 6.07) is 9.84. The Hall–Kier alpha value is -3.22. The van der Waals surface area contributed by atoms with Gasteiger partial charge in [-0.2, -0.15) is 5.10 Å². The third-order valence-electron chi connectivity index (χ3n) is 6.38. The van der Waals surface area contributed by atoms with E-state index in [0.29, 0.717) is 12.8 Å². The Balaban J connectivity index is 1.22. The van der Waals surface area contributed by atoms with Crippen molar-refractivity contribution in [3.05, 3.63) is 58.9 Å². The van der Waals surface area contributed by atoms with Crippen molar-refractivity contribution in [2.45, 2.75) is 52.4 Å². The Bertz CT molecular complexity index is 1230. The summed E-state index contributed by atoms with van der Waals surface area (Å²) < 4.78 is 7.82. The van der Waals surface area contributed by atoms with E-state index in [-0.39, 0.29) is 11.8 Å². The average Bonchev–Trinajstić information content (AvgIpc) is 3.36. The fraction of sp³-hybridized carbons (Fsp3) is 0.417. The van der Waals surface area contributed by atoms with Crippen LogP contribution in [-0.2, 0) is 11.2 Å². The molecule has 0 saturated carbocycles. The van der Waals surface area contributed by atoms with Gasteiger partial charge in [0.1, 0.15) is 5.52 Å². The summed E-state index contributed by atoms with van der Waals surface area (Å²) in [6.07, 6.45) is 2.94. The Morgan fingerprint density at radius 1 is 1.13 bits per heavy atom. The van der Waals surface area contributed by atoms with E-state index >= 15 is 0 Å². The number of likely N-dealkylation sites (tertiary alicyclic amines) is 1. The first-order valence-corrected chi connectivity index (χ1v) is 11.0. The normalized spacial score (nSPS) is 15.3. The minimum atomic E-state index is 0.201. The minimum absolute atomic E-state index is 0.201. The van der Waals surface area contributed by atoms with E-state index in [2.05, 4.69) is 22.0 Å². The minimum Gasteiger partial charge on any atom is -0.440 e. The van der Waals surface area contributed by atoms with Crippen molar-refractivity contribution in [3.8, 4) is 0 Å². The maximum atomic E-state index is 12.9. The number of carbonyl (C=O) groups excluding carboxylic acids is 1. The first kappa shape index (κ1) is 19.7. The monoisotopic (exact) mass is 417 g/mol. The van der Waals surface area contributed by atoms with Crippen molar-refractivity contribution < 1.29 is 9.21 Å². The Morgan fingerprint density at radius 2 is 1.90 bits per heavy atom. The van der Waals surface area contributed by atoms with E-state index in [4.69, 9.17) is 4.42 Å². The Morgan fingerprint density at radius 3 is 2.68 bits per heavy atom. The lowest BCUT2D eigenvalue weighted by Gasteiger charge is -2.30. The number of fused-ring (bicyclic) bond motifs is 2. The van der Waals surface area contributed by atoms with Crippen LogP contribution in [0, 0.1) is 20.8 Å². The van der Waals surface area contributed by atoms with Gasteiger partial charge in [0, 0.05) is 42.9 Å². The molecule has 0 N–H and O–H groups in total. The summed E-state index contributed by atoms with van der Waals surface area (Å²) in [5.41, 5.74) is 6.71. The van der Waals surface area contributed by atoms with E-state index in [1.54, 1.807) is 0 Å². The number of rotatable bonds is 4. The molecule has 4 heterocycles. The molecular weight excluding hydrogens is 390 g/mol. The predicted octanol–water partition coefficient (Wildman–Crippen LogP) is 4.13. The van der Waals surface area contributed by atoms with Gasteiger partial charge >= 0.3 is 0 Å². The molecule has 160 valence electrons. The van der Waals surface area contributed by atoms with Gasteiger partial charge in [0.25, 0.3) is 0 Å². The quantitative estimate of drug-likeness (QED) is 0.499. The molecule has 0 radical (unpaired) electrons. The van der Waals surface area contributed by atoms with E-state index < -0.39 is 0 Å². The highest BCUT2D eigenvalue weighted by molar-refractivity contribution is 5.76. The second-order valence-corrected chi connectivity index (χ2v) is 8.49. The van der Waals surface area contributed by atoms with Gasteiger partial charge in [-0.05, 0) is 57.7 Å². The largest absolute Gasteiger partial charge is 0.440 e. The summed E-state index contributed by atoms with van der Waals surface area (Å²) in [6.45, 7) is 7.53. The van der Waals surface area contributed by atoms with Crippen LogP contribution in [0.4, 0.5) is 0 Å². The van der Waals surface area contributed by atoms with Gasteiger partial charge in [-0.15, -0.1) is 0 Å². The van der Waals surface area contributed by atoms with E-state index in [9.17, 15) is 4.79 Å². The average molecular weight is 418 g/mol. The summed E-state index contributed by atoms with van der Waals surface area (Å²) >= 11 is 0. The number of piperidine rings is 1. The van der Waals surface area contributed by atoms with Gasteiger partial charge in [0.05, 0.1) is 5.69 Å². The van der Waals surface area contributed by atoms with Crippen molar-refractivity contribution in [1.29, 1.82) is 0 Å². The highest BCUT2D eigenvalue weighted by Gasteiger charge is 2.27. The molecule has 1 aromatic carbocycles. The van der Waals surface area contributed by atoms with Crippen LogP contribution >= 0.6 is 0 Å². The van der Waals surface area contributed by atoms with Gasteiger partial charge in [0.15, 0.2) is 17.1 Å². The third kappa shape index (κ3) is 3.69. The molecular formula is C24H27N5O2. The molecule has 1 aliphatic heterocycles. The Labute approximate surface area is 181 Å². The number of nitrogens with zero attached hydrogens (tertiary/aromatic N) is 5. The van der Waals surface area contributed by atoms with Crippen molar-refractivity contribution in [2.24, 2.45) is 0 Å². The first-order valence-electron chi connectivity index (χ1n) is 11.0. The summed E-state index contributed by atoms with van der Waals surface area (Å²) in [7, 11) is 0. The molecule has 7 nitrogen and oxygen atoms in total. The zero-order valence-electron chi connectivity index (χ0n) is 18.3. The zero-order chi connectivity index (χ0) is 21.5. The molecule has 1 amide bonds. The molecule has 1 saturated heterocycles. The number of oxazole rings is 1. The second kappa shape index (κ2) is 7.80. The van der Waals surface area contributed by atoms with Gasteiger partial charge in [-0.1, -0.05) is 12.1 Å². The lowest BCUT2D eigenvalue weighted by Crippen LogP contribution is -2.38. The third-order valence-corrected chi connectivity index (χ3v) is 6.38. The fourth-order valence-corrected chi connectivity index (χ4v) is 4.63. The van der Waals surface area contributed by atoms with Crippen molar-refractivity contribution in [2.75, 3.05) is 13.1 Å². The molecule has 0 bridgehead atoms. The molecule has 4 aromatic rings. The fourth-order valence-electron chi connectivity index (χ4n) is 4.63. The van der Waals surface area contributed by atoms with Crippen LogP contribution in [0.1, 0.15) is 53.7 Å². The van der Waals surface area contributed by atoms with Gasteiger partial charge < -0.3 is 9.32 Å². The van der Waals surface area contributed by atoms with Gasteiger partial charge in [-0.25, -0.2) is 14.5 Å². The zero-order valence-corrected chi connectivity index (χ0v) is 18.3. The molecule has 0 aliphatic carbocycles. The van der Waals surface area contributed by atoms with Crippen LogP contribution < -0.4 is 0 Å². The van der Waals surface area contributed by atoms with Crippen molar-refractivity contribution in [1.82, 2.24) is 24.5 Å². The molecule has 1 fully saturated rings. The molecule has 0 atom stereocenters. The summed E-state index contributed by atoms with van der Waals surface area (Å²) in [5.74, 6) is 1.27. The summed E-state index contributed by atoms with van der Waals surface area (Å²) in [5, 5.41) is 4.53. The molecule has 1 aliphatic rings. The van der Waals surface area contributed by atoms with Gasteiger partial charge in [0.2, 0.25) is 5.91 Å². The van der Waals surface area contributed by atoms with Crippen molar-refractivity contribution >= 4 is 22.7 Å². The van der Waals surface area contributed by atoms with Crippen LogP contribution in [0.2, 0.25) is 0 Å². The highest BCUT2D eigenvalue weighted by Crippen LogP contribution is 2.30. The van der Waals surface area contributed by atoms with Crippen LogP contribution in [0.15, 0.2) is 34.7 Å². The van der Waals surface area contributed by atoms with E-state index in [1.807, 2.05) is 53.6 Å². The SMILES string of the molecule is Cc1cc2nc(C)c(CCC(=O)N3CCC(c4nc5ccccc5o4)CC3)c(C)n2n1. The number of carbonyl (C=O) groups is 1. The number of benzene rings is 1. The number of hydrogen-bond donors (Lipinski definition) is 0. The van der Waals surface area contributed by atoms with Gasteiger partial charge in [-0.3, -0.25) is 4.79 Å². The lowest BCUT2D eigenvalue weighted by atomic mass is 9.96. The molecule has 0 unspecified atom stereocenters. The van der Waals surface area contributed by atoms with Crippen LogP contribution in [0.25, 0.3) is 16.7 Å². The van der Waals surface area contributed by atoms with Crippen molar-refractivity contribution in [3.63, 3.8) is 0 Å². The lowest BCUT2D eigenvalue weighted by molar-refractivity contribution is -0.132. The topological polar surface area (TPSA) is 76.5 Å². The number of hydrogen-bond acceptors (Lipinski definition) is 5. The summed E-state index contributed by atoms with van der Waals surface area (Å²) in [4.78, 5) is 24.2. The molecule has 31 heavy (non-hydrogen) atoms. The maximum Gasteiger partial charge on any atom is 0.222 e. The standard InChI is InChI=1S/C24H27N5O2/c1-15-14-22-25-16(2)19(17(3)29(22)27-15)8-9-23(30)28-12-10-18(11-13-28)24-26-20-6-4-5-7-21(20)31-24/h4-7,14,18H,8-13H2,1-3H3. The van der Waals surface area contributed by atoms with E-state index in [0.717, 1.165) is 71.2 Å². The van der Waals surface area contributed by atoms with Crippen LogP contribution in [0.5, 0.6) is 0 Å². The first-order chi connectivity index (χ1) is 15.0. The highest BCUT2D eigenvalue weighted by atomic mass is 16.3. The smallest absolute Gasteiger partial charge is 0.222 e. The molecule has 3 aromatic heterocycles. The number of aromatic nitrogens is 4. The van der Waals surface area contributed by atoms with Crippen LogP contribution in [0.3, 0.4) is 0 Å². The number of aryl methyl sites for hydroxylation is 3. The van der Waals surface area contributed by atoms with E-state index in [1.165, 1.54) is 0 Å². The number of para-hydroxylation sites is 2. The Kier molecular flexibility index (Phi) is 4.96. The second-order valence-electron chi connectivity index (χ2n) is 8.49. The molecule has 5 rings (SSSR count). The predicted molar refractivity (Wildman–Crippen MR) is 118 cm³/mol. The number of amides is 1. The maximum absolute atomic E-state index is 12.9.